The van der Waals surface area contributed by atoms with E-state index in [1.807, 2.05) is 20.0 Å². The predicted octanol–water partition coefficient (Wildman–Crippen LogP) is 0.811. The van der Waals surface area contributed by atoms with E-state index in [1.165, 1.54) is 0 Å². The van der Waals surface area contributed by atoms with Gasteiger partial charge in [-0.3, -0.25) is 9.48 Å². The Bertz CT molecular complexity index is 267. The van der Waals surface area contributed by atoms with Gasteiger partial charge in [-0.1, -0.05) is 6.92 Å². The third-order valence-corrected chi connectivity index (χ3v) is 1.68. The molecule has 1 aromatic rings. The molecule has 1 heterocycles. The third kappa shape index (κ3) is 2.08. The number of hydrogen-bond donors (Lipinski definition) is 1. The summed E-state index contributed by atoms with van der Waals surface area (Å²) < 4.78 is 1.70. The Kier molecular flexibility index (Phi) is 2.85. The van der Waals surface area contributed by atoms with Crippen molar-refractivity contribution in [2.75, 3.05) is 11.9 Å². The van der Waals surface area contributed by atoms with Gasteiger partial charge in [0.1, 0.15) is 5.82 Å². The van der Waals surface area contributed by atoms with Crippen LogP contribution >= 0.6 is 0 Å². The van der Waals surface area contributed by atoms with Crippen LogP contribution < -0.4 is 5.32 Å². The van der Waals surface area contributed by atoms with Gasteiger partial charge >= 0.3 is 0 Å². The van der Waals surface area contributed by atoms with Gasteiger partial charge in [-0.2, -0.15) is 5.10 Å². The molecule has 0 bridgehead atoms. The second-order valence-corrected chi connectivity index (χ2v) is 2.59. The molecule has 0 spiro atoms. The van der Waals surface area contributed by atoms with Crippen molar-refractivity contribution in [3.05, 3.63) is 12.3 Å². The molecule has 0 fully saturated rings. The maximum Gasteiger partial charge on any atom is 0.151 e. The van der Waals surface area contributed by atoms with Crippen LogP contribution in [0.15, 0.2) is 12.3 Å². The molecule has 1 rings (SSSR count). The molecule has 12 heavy (non-hydrogen) atoms. The van der Waals surface area contributed by atoms with Gasteiger partial charge in [0.05, 0.1) is 12.7 Å². The van der Waals surface area contributed by atoms with E-state index in [0.29, 0.717) is 13.0 Å². The Morgan fingerprint density at radius 2 is 2.50 bits per heavy atom. The number of nitrogens with one attached hydrogen (secondary N) is 1. The summed E-state index contributed by atoms with van der Waals surface area (Å²) in [5, 5.41) is 6.96. The molecule has 0 aliphatic rings. The Labute approximate surface area is 71.6 Å². The number of aromatic nitrogens is 2. The topological polar surface area (TPSA) is 46.9 Å². The fourth-order valence-electron chi connectivity index (χ4n) is 0.861. The quantitative estimate of drug-likeness (QED) is 0.721. The van der Waals surface area contributed by atoms with Gasteiger partial charge in [0.2, 0.25) is 0 Å². The molecule has 0 saturated heterocycles. The zero-order chi connectivity index (χ0) is 8.97. The number of Topliss-reactive ketones (excluding diaryl/α,β-unsaturated/α-hetero) is 1. The van der Waals surface area contributed by atoms with Crippen molar-refractivity contribution in [1.82, 2.24) is 9.78 Å². The Hall–Kier alpha value is -1.32. The van der Waals surface area contributed by atoms with E-state index < -0.39 is 0 Å². The molecular weight excluding hydrogens is 154 g/mol. The van der Waals surface area contributed by atoms with E-state index in [0.717, 1.165) is 5.82 Å². The van der Waals surface area contributed by atoms with Gasteiger partial charge in [-0.05, 0) is 0 Å². The highest BCUT2D eigenvalue weighted by atomic mass is 16.1. The summed E-state index contributed by atoms with van der Waals surface area (Å²) in [6, 6.07) is 1.84. The number of ketones is 1. The number of carbonyl (C=O) groups is 1. The summed E-state index contributed by atoms with van der Waals surface area (Å²) in [5.41, 5.74) is 0. The van der Waals surface area contributed by atoms with Crippen LogP contribution in [0.4, 0.5) is 5.82 Å². The smallest absolute Gasteiger partial charge is 0.151 e. The van der Waals surface area contributed by atoms with Gasteiger partial charge in [0.15, 0.2) is 5.78 Å². The van der Waals surface area contributed by atoms with Crippen molar-refractivity contribution in [2.24, 2.45) is 7.05 Å². The number of rotatable bonds is 4. The lowest BCUT2D eigenvalue weighted by molar-refractivity contribution is -0.117. The van der Waals surface area contributed by atoms with E-state index in [-0.39, 0.29) is 5.78 Å². The highest BCUT2D eigenvalue weighted by Crippen LogP contribution is 2.02. The SMILES string of the molecule is CCC(=O)CNc1ccnn1C. The van der Waals surface area contributed by atoms with Gasteiger partial charge in [-0.25, -0.2) is 0 Å². The first-order valence-corrected chi connectivity index (χ1v) is 3.97. The Morgan fingerprint density at radius 3 is 3.00 bits per heavy atom. The minimum Gasteiger partial charge on any atom is -0.363 e. The largest absolute Gasteiger partial charge is 0.363 e. The third-order valence-electron chi connectivity index (χ3n) is 1.68. The second-order valence-electron chi connectivity index (χ2n) is 2.59. The number of carbonyl (C=O) groups excluding carboxylic acids is 1. The van der Waals surface area contributed by atoms with Crippen LogP contribution in [0.1, 0.15) is 13.3 Å². The zero-order valence-electron chi connectivity index (χ0n) is 7.37. The van der Waals surface area contributed by atoms with Crippen molar-refractivity contribution in [3.63, 3.8) is 0 Å². The highest BCUT2D eigenvalue weighted by molar-refractivity contribution is 5.82. The van der Waals surface area contributed by atoms with E-state index in [1.54, 1.807) is 10.9 Å². The molecule has 1 aromatic heterocycles. The molecule has 0 aliphatic heterocycles. The average molecular weight is 167 g/mol. The number of nitrogens with zero attached hydrogens (tertiary/aromatic N) is 2. The summed E-state index contributed by atoms with van der Waals surface area (Å²) in [4.78, 5) is 10.9. The molecule has 4 nitrogen and oxygen atoms in total. The van der Waals surface area contributed by atoms with Crippen LogP contribution in [0.5, 0.6) is 0 Å². The predicted molar refractivity (Wildman–Crippen MR) is 47.0 cm³/mol. The normalized spacial score (nSPS) is 9.83. The molecule has 0 aliphatic carbocycles. The molecule has 0 aromatic carbocycles. The molecule has 0 radical (unpaired) electrons. The van der Waals surface area contributed by atoms with Crippen molar-refractivity contribution >= 4 is 11.6 Å². The summed E-state index contributed by atoms with van der Waals surface area (Å²) in [7, 11) is 1.83. The highest BCUT2D eigenvalue weighted by Gasteiger charge is 1.99. The van der Waals surface area contributed by atoms with Crippen LogP contribution in [-0.2, 0) is 11.8 Å². The monoisotopic (exact) mass is 167 g/mol. The van der Waals surface area contributed by atoms with Crippen LogP contribution in [0.25, 0.3) is 0 Å². The lowest BCUT2D eigenvalue weighted by atomic mass is 10.3. The van der Waals surface area contributed by atoms with Gasteiger partial charge in [0.25, 0.3) is 0 Å². The lowest BCUT2D eigenvalue weighted by Crippen LogP contribution is -2.14. The van der Waals surface area contributed by atoms with Crippen molar-refractivity contribution in [3.8, 4) is 0 Å². The molecule has 0 unspecified atom stereocenters. The first kappa shape index (κ1) is 8.77. The van der Waals surface area contributed by atoms with Gasteiger partial charge < -0.3 is 5.32 Å². The zero-order valence-corrected chi connectivity index (χ0v) is 7.37. The molecular formula is C8H13N3O. The summed E-state index contributed by atoms with van der Waals surface area (Å²) in [6.07, 6.45) is 2.27. The minimum atomic E-state index is 0.205. The van der Waals surface area contributed by atoms with Crippen LogP contribution in [-0.4, -0.2) is 22.1 Å². The van der Waals surface area contributed by atoms with Gasteiger partial charge in [-0.15, -0.1) is 0 Å². The van der Waals surface area contributed by atoms with Crippen molar-refractivity contribution in [1.29, 1.82) is 0 Å². The molecule has 0 amide bonds. The Morgan fingerprint density at radius 1 is 1.75 bits per heavy atom. The fourth-order valence-corrected chi connectivity index (χ4v) is 0.861. The molecule has 66 valence electrons. The van der Waals surface area contributed by atoms with Gasteiger partial charge in [0, 0.05) is 19.5 Å². The lowest BCUT2D eigenvalue weighted by Gasteiger charge is -2.03. The van der Waals surface area contributed by atoms with Crippen LogP contribution in [0, 0.1) is 0 Å². The van der Waals surface area contributed by atoms with Crippen molar-refractivity contribution < 1.29 is 4.79 Å². The number of aryl methyl sites for hydroxylation is 1. The summed E-state index contributed by atoms with van der Waals surface area (Å²) in [5.74, 6) is 1.08. The standard InChI is InChI=1S/C8H13N3O/c1-3-7(12)6-9-8-4-5-10-11(8)2/h4-5,9H,3,6H2,1-2H3. The average Bonchev–Trinajstić information content (AvgIpc) is 2.47. The molecule has 4 heteroatoms. The summed E-state index contributed by atoms with van der Waals surface area (Å²) >= 11 is 0. The van der Waals surface area contributed by atoms with E-state index in [4.69, 9.17) is 0 Å². The maximum absolute atomic E-state index is 10.9. The van der Waals surface area contributed by atoms with Crippen LogP contribution in [0.3, 0.4) is 0 Å². The van der Waals surface area contributed by atoms with Crippen molar-refractivity contribution in [2.45, 2.75) is 13.3 Å². The molecule has 1 N–H and O–H groups in total. The fraction of sp³-hybridized carbons (Fsp3) is 0.500. The van der Waals surface area contributed by atoms with E-state index >= 15 is 0 Å². The number of anilines is 1. The maximum atomic E-state index is 10.9. The molecule has 0 atom stereocenters. The number of hydrogen-bond acceptors (Lipinski definition) is 3. The first-order chi connectivity index (χ1) is 5.74. The first-order valence-electron chi connectivity index (χ1n) is 3.97. The molecule has 0 saturated carbocycles. The summed E-state index contributed by atoms with van der Waals surface area (Å²) in [6.45, 7) is 2.24. The Balaban J connectivity index is 2.43. The minimum absolute atomic E-state index is 0.205. The van der Waals surface area contributed by atoms with Crippen LogP contribution in [0.2, 0.25) is 0 Å². The van der Waals surface area contributed by atoms with E-state index in [2.05, 4.69) is 10.4 Å². The second kappa shape index (κ2) is 3.90. The van der Waals surface area contributed by atoms with E-state index in [9.17, 15) is 4.79 Å².